The number of carboxylic acids is 1. The Balaban J connectivity index is 2.08. The maximum Gasteiger partial charge on any atom is 0.408 e. The van der Waals surface area contributed by atoms with Crippen molar-refractivity contribution in [3.8, 4) is 11.8 Å². The number of benzene rings is 2. The van der Waals surface area contributed by atoms with Gasteiger partial charge in [0.15, 0.2) is 0 Å². The van der Waals surface area contributed by atoms with Crippen LogP contribution in [0.3, 0.4) is 0 Å². The summed E-state index contributed by atoms with van der Waals surface area (Å²) in [6.45, 7) is 5.12. The molecule has 29 heavy (non-hydrogen) atoms. The highest BCUT2D eigenvalue weighted by Crippen LogP contribution is 2.23. The summed E-state index contributed by atoms with van der Waals surface area (Å²) in [6, 6.07) is 11.1. The number of carbonyl (C=O) groups is 2. The van der Waals surface area contributed by atoms with E-state index in [1.54, 1.807) is 63.2 Å². The van der Waals surface area contributed by atoms with Gasteiger partial charge in [-0.05, 0) is 50.6 Å². The smallest absolute Gasteiger partial charge is 0.408 e. The number of ether oxygens (including phenoxy) is 1. The topological polar surface area (TPSA) is 75.6 Å². The number of hydrogen-bond donors (Lipinski definition) is 2. The molecule has 2 rings (SSSR count). The standard InChI is InChI=1S/C22H21Cl2NO4/c1-22(2,3)29-21(28)25-19(20(26)27)13-15-9-7-14(8-10-15)11-12-16-17(23)5-4-6-18(16)24/h4-10,19H,13H2,1-3H3,(H,25,28)(H,26,27). The largest absolute Gasteiger partial charge is 0.480 e. The van der Waals surface area contributed by atoms with E-state index in [0.29, 0.717) is 15.6 Å². The predicted molar refractivity (Wildman–Crippen MR) is 113 cm³/mol. The molecule has 5 nitrogen and oxygen atoms in total. The van der Waals surface area contributed by atoms with E-state index in [1.165, 1.54) is 0 Å². The summed E-state index contributed by atoms with van der Waals surface area (Å²) in [5, 5.41) is 12.7. The second-order valence-electron chi connectivity index (χ2n) is 7.28. The number of aliphatic carboxylic acids is 1. The maximum atomic E-state index is 11.9. The first-order valence-electron chi connectivity index (χ1n) is 8.82. The number of nitrogens with one attached hydrogen (secondary N) is 1. The summed E-state index contributed by atoms with van der Waals surface area (Å²) in [6.07, 6.45) is -0.664. The van der Waals surface area contributed by atoms with Crippen molar-refractivity contribution in [2.24, 2.45) is 0 Å². The van der Waals surface area contributed by atoms with Crippen molar-refractivity contribution < 1.29 is 19.4 Å². The van der Waals surface area contributed by atoms with Gasteiger partial charge in [0.05, 0.1) is 15.6 Å². The average molecular weight is 434 g/mol. The molecule has 152 valence electrons. The molecule has 0 fully saturated rings. The third-order valence-corrected chi connectivity index (χ3v) is 4.31. The van der Waals surface area contributed by atoms with Gasteiger partial charge in [-0.2, -0.15) is 0 Å². The van der Waals surface area contributed by atoms with Crippen LogP contribution in [-0.4, -0.2) is 28.8 Å². The monoisotopic (exact) mass is 433 g/mol. The van der Waals surface area contributed by atoms with Gasteiger partial charge in [0.2, 0.25) is 0 Å². The van der Waals surface area contributed by atoms with Crippen molar-refractivity contribution in [1.29, 1.82) is 0 Å². The quantitative estimate of drug-likeness (QED) is 0.671. The van der Waals surface area contributed by atoms with Crippen molar-refractivity contribution in [3.63, 3.8) is 0 Å². The molecule has 0 bridgehead atoms. The number of amides is 1. The molecule has 0 spiro atoms. The molecular weight excluding hydrogens is 413 g/mol. The Kier molecular flexibility index (Phi) is 7.55. The zero-order valence-corrected chi connectivity index (χ0v) is 17.8. The molecular formula is C22H21Cl2NO4. The zero-order valence-electron chi connectivity index (χ0n) is 16.3. The Morgan fingerprint density at radius 3 is 2.17 bits per heavy atom. The summed E-state index contributed by atoms with van der Waals surface area (Å²) in [7, 11) is 0. The van der Waals surface area contributed by atoms with E-state index in [0.717, 1.165) is 11.1 Å². The molecule has 0 saturated heterocycles. The molecule has 2 aromatic rings. The summed E-state index contributed by atoms with van der Waals surface area (Å²) in [5.74, 6) is 4.78. The van der Waals surface area contributed by atoms with E-state index < -0.39 is 23.7 Å². The molecule has 0 heterocycles. The van der Waals surface area contributed by atoms with Gasteiger partial charge in [0.1, 0.15) is 11.6 Å². The Morgan fingerprint density at radius 2 is 1.66 bits per heavy atom. The molecule has 0 aliphatic rings. The molecule has 1 unspecified atom stereocenters. The minimum Gasteiger partial charge on any atom is -0.480 e. The third-order valence-electron chi connectivity index (χ3n) is 3.68. The number of halogens is 2. The van der Waals surface area contributed by atoms with Crippen LogP contribution in [-0.2, 0) is 16.0 Å². The lowest BCUT2D eigenvalue weighted by Crippen LogP contribution is -2.44. The normalized spacial score (nSPS) is 11.8. The van der Waals surface area contributed by atoms with Crippen LogP contribution in [0.15, 0.2) is 42.5 Å². The molecule has 2 aromatic carbocycles. The van der Waals surface area contributed by atoms with Gasteiger partial charge in [-0.1, -0.05) is 53.2 Å². The molecule has 1 amide bonds. The Labute approximate surface area is 180 Å². The minimum absolute atomic E-state index is 0.110. The Hall–Kier alpha value is -2.68. The molecule has 0 saturated carbocycles. The second-order valence-corrected chi connectivity index (χ2v) is 8.10. The first-order valence-corrected chi connectivity index (χ1v) is 9.58. The minimum atomic E-state index is -1.15. The highest BCUT2D eigenvalue weighted by Gasteiger charge is 2.24. The van der Waals surface area contributed by atoms with Gasteiger partial charge >= 0.3 is 12.1 Å². The molecule has 0 aliphatic carbocycles. The number of hydrogen-bond acceptors (Lipinski definition) is 3. The van der Waals surface area contributed by atoms with Gasteiger partial charge in [0, 0.05) is 12.0 Å². The fourth-order valence-electron chi connectivity index (χ4n) is 2.36. The van der Waals surface area contributed by atoms with Gasteiger partial charge in [0.25, 0.3) is 0 Å². The fourth-order valence-corrected chi connectivity index (χ4v) is 2.85. The first kappa shape index (κ1) is 22.6. The molecule has 1 atom stereocenters. The molecule has 2 N–H and O–H groups in total. The van der Waals surface area contributed by atoms with E-state index in [4.69, 9.17) is 27.9 Å². The van der Waals surface area contributed by atoms with Crippen molar-refractivity contribution in [2.45, 2.75) is 38.8 Å². The summed E-state index contributed by atoms with van der Waals surface area (Å²) in [4.78, 5) is 23.3. The van der Waals surface area contributed by atoms with E-state index in [-0.39, 0.29) is 6.42 Å². The van der Waals surface area contributed by atoms with E-state index in [9.17, 15) is 14.7 Å². The molecule has 0 aliphatic heterocycles. The second kappa shape index (κ2) is 9.69. The molecule has 0 radical (unpaired) electrons. The van der Waals surface area contributed by atoms with Crippen LogP contribution in [0.1, 0.15) is 37.5 Å². The van der Waals surface area contributed by atoms with Crippen molar-refractivity contribution in [3.05, 3.63) is 69.2 Å². The SMILES string of the molecule is CC(C)(C)OC(=O)NC(Cc1ccc(C#Cc2c(Cl)cccc2Cl)cc1)C(=O)O. The van der Waals surface area contributed by atoms with Gasteiger partial charge < -0.3 is 15.2 Å². The van der Waals surface area contributed by atoms with Crippen LogP contribution in [0.5, 0.6) is 0 Å². The van der Waals surface area contributed by atoms with Crippen LogP contribution >= 0.6 is 23.2 Å². The maximum absolute atomic E-state index is 11.9. The van der Waals surface area contributed by atoms with Gasteiger partial charge in [-0.3, -0.25) is 0 Å². The fraction of sp³-hybridized carbons (Fsp3) is 0.273. The summed E-state index contributed by atoms with van der Waals surface area (Å²) >= 11 is 12.2. The predicted octanol–water partition coefficient (Wildman–Crippen LogP) is 4.91. The third kappa shape index (κ3) is 7.34. The molecule has 0 aromatic heterocycles. The first-order chi connectivity index (χ1) is 13.5. The summed E-state index contributed by atoms with van der Waals surface area (Å²) in [5.41, 5.74) is 1.29. The van der Waals surface area contributed by atoms with Crippen LogP contribution in [0.25, 0.3) is 0 Å². The van der Waals surface area contributed by atoms with Gasteiger partial charge in [-0.15, -0.1) is 0 Å². The lowest BCUT2D eigenvalue weighted by Gasteiger charge is -2.22. The lowest BCUT2D eigenvalue weighted by atomic mass is 10.0. The average Bonchev–Trinajstić information content (AvgIpc) is 2.60. The summed E-state index contributed by atoms with van der Waals surface area (Å²) < 4.78 is 5.12. The Bertz CT molecular complexity index is 933. The number of alkyl carbamates (subject to hydrolysis) is 1. The van der Waals surface area contributed by atoms with E-state index in [1.807, 2.05) is 0 Å². The highest BCUT2D eigenvalue weighted by atomic mass is 35.5. The van der Waals surface area contributed by atoms with Crippen LogP contribution < -0.4 is 5.32 Å². The van der Waals surface area contributed by atoms with Crippen molar-refractivity contribution in [1.82, 2.24) is 5.32 Å². The number of carbonyl (C=O) groups excluding carboxylic acids is 1. The van der Waals surface area contributed by atoms with Crippen LogP contribution in [0, 0.1) is 11.8 Å². The van der Waals surface area contributed by atoms with E-state index in [2.05, 4.69) is 17.2 Å². The van der Waals surface area contributed by atoms with Crippen LogP contribution in [0.2, 0.25) is 10.0 Å². The van der Waals surface area contributed by atoms with Gasteiger partial charge in [-0.25, -0.2) is 9.59 Å². The highest BCUT2D eigenvalue weighted by molar-refractivity contribution is 6.36. The number of carboxylic acid groups (broad SMARTS) is 1. The number of rotatable bonds is 4. The molecule has 7 heteroatoms. The van der Waals surface area contributed by atoms with Crippen molar-refractivity contribution in [2.75, 3.05) is 0 Å². The Morgan fingerprint density at radius 1 is 1.07 bits per heavy atom. The van der Waals surface area contributed by atoms with Crippen LogP contribution in [0.4, 0.5) is 4.79 Å². The zero-order chi connectivity index (χ0) is 21.6. The lowest BCUT2D eigenvalue weighted by molar-refractivity contribution is -0.139. The van der Waals surface area contributed by atoms with E-state index >= 15 is 0 Å². The van der Waals surface area contributed by atoms with Crippen molar-refractivity contribution >= 4 is 35.3 Å².